The van der Waals surface area contributed by atoms with Crippen molar-refractivity contribution in [3.05, 3.63) is 89.6 Å². The van der Waals surface area contributed by atoms with Crippen molar-refractivity contribution in [2.45, 2.75) is 13.0 Å². The molecule has 0 saturated heterocycles. The molecule has 1 heterocycles. The van der Waals surface area contributed by atoms with E-state index in [4.69, 9.17) is 0 Å². The minimum absolute atomic E-state index is 0.0744. The maximum Gasteiger partial charge on any atom is 0.228 e. The van der Waals surface area contributed by atoms with E-state index in [0.717, 1.165) is 0 Å². The summed E-state index contributed by atoms with van der Waals surface area (Å²) < 4.78 is 26.7. The van der Waals surface area contributed by atoms with Gasteiger partial charge in [0.25, 0.3) is 0 Å². The smallest absolute Gasteiger partial charge is 0.228 e. The number of pyridine rings is 1. The second-order valence-electron chi connectivity index (χ2n) is 5.73. The van der Waals surface area contributed by atoms with Crippen molar-refractivity contribution in [1.82, 2.24) is 4.98 Å². The molecule has 0 spiro atoms. The molecule has 0 aliphatic heterocycles. The van der Waals surface area contributed by atoms with E-state index < -0.39 is 0 Å². The molecule has 0 atom stereocenters. The lowest BCUT2D eigenvalue weighted by molar-refractivity contribution is -0.115. The topological polar surface area (TPSA) is 54.0 Å². The Bertz CT molecular complexity index is 898. The molecule has 2 aromatic carbocycles. The number of anilines is 2. The van der Waals surface area contributed by atoms with Gasteiger partial charge in [0.05, 0.1) is 18.3 Å². The van der Waals surface area contributed by atoms with Crippen LogP contribution in [0.15, 0.2) is 66.9 Å². The molecule has 1 amide bonds. The summed E-state index contributed by atoms with van der Waals surface area (Å²) in [6.45, 7) is 0.310. The molecule has 3 rings (SSSR count). The van der Waals surface area contributed by atoms with Gasteiger partial charge < -0.3 is 10.6 Å². The fourth-order valence-electron chi connectivity index (χ4n) is 2.44. The number of rotatable bonds is 6. The second-order valence-corrected chi connectivity index (χ2v) is 5.73. The highest BCUT2D eigenvalue weighted by molar-refractivity contribution is 5.92. The number of nitrogens with zero attached hydrogens (tertiary/aromatic N) is 1. The fraction of sp³-hybridized carbons (Fsp3) is 0.100. The lowest BCUT2D eigenvalue weighted by atomic mass is 10.1. The third kappa shape index (κ3) is 4.86. The number of amides is 1. The van der Waals surface area contributed by atoms with E-state index in [1.807, 2.05) is 0 Å². The van der Waals surface area contributed by atoms with Gasteiger partial charge in [0.2, 0.25) is 5.91 Å². The van der Waals surface area contributed by atoms with Crippen LogP contribution in [-0.4, -0.2) is 10.9 Å². The van der Waals surface area contributed by atoms with Crippen LogP contribution in [0.5, 0.6) is 0 Å². The van der Waals surface area contributed by atoms with Crippen molar-refractivity contribution in [3.63, 3.8) is 0 Å². The normalized spacial score (nSPS) is 10.4. The molecule has 2 N–H and O–H groups in total. The molecule has 132 valence electrons. The van der Waals surface area contributed by atoms with Crippen LogP contribution in [0, 0.1) is 11.6 Å². The molecule has 0 aliphatic rings. The van der Waals surface area contributed by atoms with Crippen LogP contribution in [0.4, 0.5) is 20.3 Å². The number of halogens is 2. The highest BCUT2D eigenvalue weighted by atomic mass is 19.1. The average molecular weight is 353 g/mol. The van der Waals surface area contributed by atoms with Crippen molar-refractivity contribution < 1.29 is 13.6 Å². The van der Waals surface area contributed by atoms with E-state index in [-0.39, 0.29) is 24.0 Å². The summed E-state index contributed by atoms with van der Waals surface area (Å²) >= 11 is 0. The maximum absolute atomic E-state index is 13.6. The zero-order valence-corrected chi connectivity index (χ0v) is 13.9. The Balaban J connectivity index is 1.54. The fourth-order valence-corrected chi connectivity index (χ4v) is 2.44. The van der Waals surface area contributed by atoms with Gasteiger partial charge in [0.15, 0.2) is 0 Å². The quantitative estimate of drug-likeness (QED) is 0.700. The van der Waals surface area contributed by atoms with Gasteiger partial charge >= 0.3 is 0 Å². The molecule has 0 fully saturated rings. The summed E-state index contributed by atoms with van der Waals surface area (Å²) in [7, 11) is 0. The first-order valence-corrected chi connectivity index (χ1v) is 8.08. The van der Waals surface area contributed by atoms with E-state index in [1.54, 1.807) is 42.5 Å². The number of benzene rings is 2. The molecule has 0 unspecified atom stereocenters. The van der Waals surface area contributed by atoms with E-state index in [0.29, 0.717) is 29.2 Å². The van der Waals surface area contributed by atoms with Gasteiger partial charge in [0, 0.05) is 12.1 Å². The van der Waals surface area contributed by atoms with Gasteiger partial charge in [-0.25, -0.2) is 13.8 Å². The van der Waals surface area contributed by atoms with Crippen molar-refractivity contribution >= 4 is 17.4 Å². The number of aromatic nitrogens is 1. The van der Waals surface area contributed by atoms with Gasteiger partial charge in [-0.2, -0.15) is 0 Å². The minimum atomic E-state index is -0.373. The number of hydrogen-bond acceptors (Lipinski definition) is 3. The number of carbonyl (C=O) groups is 1. The van der Waals surface area contributed by atoms with E-state index >= 15 is 0 Å². The number of hydrogen-bond donors (Lipinski definition) is 2. The molecular formula is C20H17F2N3O. The monoisotopic (exact) mass is 353 g/mol. The van der Waals surface area contributed by atoms with Crippen LogP contribution in [-0.2, 0) is 17.8 Å². The lowest BCUT2D eigenvalue weighted by Crippen LogP contribution is -2.14. The maximum atomic E-state index is 13.6. The van der Waals surface area contributed by atoms with Gasteiger partial charge in [-0.3, -0.25) is 4.79 Å². The van der Waals surface area contributed by atoms with Crippen LogP contribution < -0.4 is 10.6 Å². The SMILES string of the molecule is O=C(Cc1cccc(F)c1)Nc1ccc(NCc2ccccc2F)nc1. The first kappa shape index (κ1) is 17.5. The summed E-state index contributed by atoms with van der Waals surface area (Å²) in [6, 6.07) is 15.8. The predicted molar refractivity (Wildman–Crippen MR) is 96.7 cm³/mol. The molecule has 6 heteroatoms. The van der Waals surface area contributed by atoms with Crippen LogP contribution in [0.1, 0.15) is 11.1 Å². The number of nitrogens with one attached hydrogen (secondary N) is 2. The standard InChI is InChI=1S/C20H17F2N3O/c21-16-6-3-4-14(10-16)11-20(26)25-17-8-9-19(24-13-17)23-12-15-5-1-2-7-18(15)22/h1-10,13H,11-12H2,(H,23,24)(H,25,26). The van der Waals surface area contributed by atoms with Crippen LogP contribution >= 0.6 is 0 Å². The van der Waals surface area contributed by atoms with E-state index in [1.165, 1.54) is 24.4 Å². The Morgan fingerprint density at radius 1 is 1.00 bits per heavy atom. The highest BCUT2D eigenvalue weighted by Gasteiger charge is 2.06. The molecule has 0 aliphatic carbocycles. The third-order valence-corrected chi connectivity index (χ3v) is 3.72. The average Bonchev–Trinajstić information content (AvgIpc) is 2.62. The van der Waals surface area contributed by atoms with Crippen LogP contribution in [0.3, 0.4) is 0 Å². The summed E-state index contributed by atoms with van der Waals surface area (Å²) in [6.07, 6.45) is 1.58. The van der Waals surface area contributed by atoms with Crippen molar-refractivity contribution in [1.29, 1.82) is 0 Å². The van der Waals surface area contributed by atoms with Gasteiger partial charge in [-0.1, -0.05) is 30.3 Å². The van der Waals surface area contributed by atoms with Crippen molar-refractivity contribution in [2.24, 2.45) is 0 Å². The first-order chi connectivity index (χ1) is 12.6. The summed E-state index contributed by atoms with van der Waals surface area (Å²) in [5.41, 5.74) is 1.67. The number of carbonyl (C=O) groups excluding carboxylic acids is 1. The summed E-state index contributed by atoms with van der Waals surface area (Å²) in [5, 5.41) is 5.73. The summed E-state index contributed by atoms with van der Waals surface area (Å²) in [5.74, 6) is -0.343. The zero-order chi connectivity index (χ0) is 18.4. The Labute approximate surface area is 149 Å². The van der Waals surface area contributed by atoms with Gasteiger partial charge in [-0.05, 0) is 35.9 Å². The lowest BCUT2D eigenvalue weighted by Gasteiger charge is -2.08. The predicted octanol–water partition coefficient (Wildman–Crippen LogP) is 4.15. The Morgan fingerprint density at radius 2 is 1.85 bits per heavy atom. The largest absolute Gasteiger partial charge is 0.366 e. The van der Waals surface area contributed by atoms with E-state index in [2.05, 4.69) is 15.6 Å². The minimum Gasteiger partial charge on any atom is -0.366 e. The molecule has 3 aromatic rings. The molecule has 1 aromatic heterocycles. The molecule has 0 saturated carbocycles. The zero-order valence-electron chi connectivity index (χ0n) is 13.9. The molecule has 0 bridgehead atoms. The summed E-state index contributed by atoms with van der Waals surface area (Å²) in [4.78, 5) is 16.2. The molecule has 4 nitrogen and oxygen atoms in total. The third-order valence-electron chi connectivity index (χ3n) is 3.72. The molecule has 0 radical (unpaired) electrons. The van der Waals surface area contributed by atoms with Gasteiger partial charge in [-0.15, -0.1) is 0 Å². The van der Waals surface area contributed by atoms with Gasteiger partial charge in [0.1, 0.15) is 17.5 Å². The van der Waals surface area contributed by atoms with E-state index in [9.17, 15) is 13.6 Å². The van der Waals surface area contributed by atoms with Crippen LogP contribution in [0.2, 0.25) is 0 Å². The van der Waals surface area contributed by atoms with Crippen LogP contribution in [0.25, 0.3) is 0 Å². The Morgan fingerprint density at radius 3 is 2.58 bits per heavy atom. The highest BCUT2D eigenvalue weighted by Crippen LogP contribution is 2.13. The molecular weight excluding hydrogens is 336 g/mol. The Kier molecular flexibility index (Phi) is 5.53. The second kappa shape index (κ2) is 8.20. The first-order valence-electron chi connectivity index (χ1n) is 8.08. The van der Waals surface area contributed by atoms with Crippen molar-refractivity contribution in [2.75, 3.05) is 10.6 Å². The molecule has 26 heavy (non-hydrogen) atoms. The Hall–Kier alpha value is -3.28. The van der Waals surface area contributed by atoms with Crippen molar-refractivity contribution in [3.8, 4) is 0 Å².